The molecule has 0 atom stereocenters. The Morgan fingerprint density at radius 1 is 1.30 bits per heavy atom. The Labute approximate surface area is 60.2 Å². The lowest BCUT2D eigenvalue weighted by Crippen LogP contribution is -1.61. The second-order valence-corrected chi connectivity index (χ2v) is 1.32. The monoisotopic (exact) mass is 136 g/mol. The summed E-state index contributed by atoms with van der Waals surface area (Å²) >= 11 is 0. The number of carbonyl (C=O) groups excluding carboxylic acids is 1. The van der Waals surface area contributed by atoms with Crippen molar-refractivity contribution >= 4 is 6.29 Å². The Bertz CT molecular complexity index is 191. The highest BCUT2D eigenvalue weighted by molar-refractivity contribution is 5.65. The van der Waals surface area contributed by atoms with Crippen molar-refractivity contribution in [3.63, 3.8) is 0 Å². The van der Waals surface area contributed by atoms with E-state index in [0.29, 0.717) is 6.29 Å². The van der Waals surface area contributed by atoms with Gasteiger partial charge in [-0.05, 0) is 12.2 Å². The van der Waals surface area contributed by atoms with Crippen LogP contribution in [0.3, 0.4) is 0 Å². The van der Waals surface area contributed by atoms with E-state index < -0.39 is 0 Å². The van der Waals surface area contributed by atoms with Crippen LogP contribution in [-0.4, -0.2) is 13.4 Å². The summed E-state index contributed by atoms with van der Waals surface area (Å²) < 4.78 is 4.57. The molecule has 0 aromatic carbocycles. The lowest BCUT2D eigenvalue weighted by molar-refractivity contribution is -0.104. The van der Waals surface area contributed by atoms with Gasteiger partial charge in [-0.25, -0.2) is 0 Å². The maximum absolute atomic E-state index is 9.70. The normalized spacial score (nSPS) is 9.30. The molecule has 0 saturated carbocycles. The zero-order valence-corrected chi connectivity index (χ0v) is 5.70. The van der Waals surface area contributed by atoms with Crippen molar-refractivity contribution in [2.24, 2.45) is 0 Å². The summed E-state index contributed by atoms with van der Waals surface area (Å²) in [6.07, 6.45) is 6.48. The number of ether oxygens (including phenoxy) is 1. The van der Waals surface area contributed by atoms with Crippen molar-refractivity contribution in [1.29, 1.82) is 0 Å². The zero-order valence-electron chi connectivity index (χ0n) is 5.70. The molecule has 0 aromatic rings. The lowest BCUT2D eigenvalue weighted by Gasteiger charge is -1.77. The van der Waals surface area contributed by atoms with E-state index in [9.17, 15) is 4.79 Å². The third kappa shape index (κ3) is 6.51. The Morgan fingerprint density at radius 2 is 2.00 bits per heavy atom. The van der Waals surface area contributed by atoms with Gasteiger partial charge in [-0.2, -0.15) is 0 Å². The number of aldehydes is 1. The predicted octanol–water partition coefficient (Wildman–Crippen LogP) is 0.905. The maximum Gasteiger partial charge on any atom is 0.143 e. The van der Waals surface area contributed by atoms with Crippen LogP contribution in [0.4, 0.5) is 0 Å². The number of carbonyl (C=O) groups is 1. The van der Waals surface area contributed by atoms with E-state index in [-0.39, 0.29) is 0 Å². The van der Waals surface area contributed by atoms with E-state index in [1.54, 1.807) is 13.2 Å². The first-order valence-corrected chi connectivity index (χ1v) is 2.71. The van der Waals surface area contributed by atoms with Crippen LogP contribution in [0.1, 0.15) is 0 Å². The van der Waals surface area contributed by atoms with Crippen molar-refractivity contribution in [2.45, 2.75) is 0 Å². The molecule has 0 saturated heterocycles. The first-order chi connectivity index (χ1) is 4.91. The largest absolute Gasteiger partial charge is 0.504 e. The van der Waals surface area contributed by atoms with Gasteiger partial charge in [0, 0.05) is 6.08 Å². The summed E-state index contributed by atoms with van der Waals surface area (Å²) in [4.78, 5) is 9.70. The van der Waals surface area contributed by atoms with Gasteiger partial charge in [-0.15, -0.1) is 0 Å². The molecule has 0 unspecified atom stereocenters. The lowest BCUT2D eigenvalue weighted by atomic mass is 10.5. The quantitative estimate of drug-likeness (QED) is 0.244. The van der Waals surface area contributed by atoms with Crippen LogP contribution in [0.25, 0.3) is 0 Å². The van der Waals surface area contributed by atoms with Crippen LogP contribution in [-0.2, 0) is 9.53 Å². The molecule has 0 N–H and O–H groups in total. The molecule has 10 heavy (non-hydrogen) atoms. The van der Waals surface area contributed by atoms with Crippen LogP contribution >= 0.6 is 0 Å². The predicted molar refractivity (Wildman–Crippen MR) is 39.1 cm³/mol. The number of methoxy groups -OCH3 is 1. The van der Waals surface area contributed by atoms with E-state index in [1.807, 2.05) is 0 Å². The first kappa shape index (κ1) is 8.51. The Morgan fingerprint density at radius 3 is 2.60 bits per heavy atom. The third-order valence-corrected chi connectivity index (χ3v) is 0.629. The first-order valence-electron chi connectivity index (χ1n) is 2.71. The number of allylic oxidation sites excluding steroid dienone is 3. The standard InChI is InChI=1S/C8H8O2/c1-10-8-6-4-2-3-5-7-9/h3,5-8H,1H3/b5-3+,8-6+. The number of hydrogen-bond acceptors (Lipinski definition) is 2. The molecule has 0 radical (unpaired) electrons. The van der Waals surface area contributed by atoms with Gasteiger partial charge < -0.3 is 4.74 Å². The fourth-order valence-corrected chi connectivity index (χ4v) is 0.286. The van der Waals surface area contributed by atoms with Gasteiger partial charge >= 0.3 is 0 Å². The molecule has 0 aliphatic carbocycles. The molecule has 0 rings (SSSR count). The maximum atomic E-state index is 9.70. The second kappa shape index (κ2) is 7.51. The van der Waals surface area contributed by atoms with Crippen LogP contribution in [0.15, 0.2) is 24.5 Å². The van der Waals surface area contributed by atoms with Gasteiger partial charge in [0.2, 0.25) is 0 Å². The van der Waals surface area contributed by atoms with Gasteiger partial charge in [-0.3, -0.25) is 4.79 Å². The average molecular weight is 136 g/mol. The second-order valence-electron chi connectivity index (χ2n) is 1.32. The van der Waals surface area contributed by atoms with Crippen molar-refractivity contribution in [1.82, 2.24) is 0 Å². The van der Waals surface area contributed by atoms with Gasteiger partial charge in [0.1, 0.15) is 6.29 Å². The van der Waals surface area contributed by atoms with E-state index in [2.05, 4.69) is 16.6 Å². The highest BCUT2D eigenvalue weighted by Crippen LogP contribution is 1.69. The Hall–Kier alpha value is -1.49. The topological polar surface area (TPSA) is 26.3 Å². The molecule has 0 amide bonds. The number of rotatable bonds is 2. The molecule has 0 fully saturated rings. The van der Waals surface area contributed by atoms with Gasteiger partial charge in [0.25, 0.3) is 0 Å². The van der Waals surface area contributed by atoms with Gasteiger partial charge in [0.05, 0.1) is 13.4 Å². The summed E-state index contributed by atoms with van der Waals surface area (Å²) in [5, 5.41) is 0. The fourth-order valence-electron chi connectivity index (χ4n) is 0.286. The SMILES string of the molecule is CO/C=C/C#C/C=C/C=O. The molecule has 2 heteroatoms. The summed E-state index contributed by atoms with van der Waals surface area (Å²) in [7, 11) is 1.54. The fraction of sp³-hybridized carbons (Fsp3) is 0.125. The summed E-state index contributed by atoms with van der Waals surface area (Å²) in [5.41, 5.74) is 0. The van der Waals surface area contributed by atoms with E-state index >= 15 is 0 Å². The van der Waals surface area contributed by atoms with E-state index in [1.165, 1.54) is 18.4 Å². The molecular weight excluding hydrogens is 128 g/mol. The molecule has 0 aromatic heterocycles. The zero-order chi connectivity index (χ0) is 7.66. The van der Waals surface area contributed by atoms with E-state index in [4.69, 9.17) is 0 Å². The molecule has 0 aliphatic heterocycles. The Balaban J connectivity index is 3.59. The highest BCUT2D eigenvalue weighted by atomic mass is 16.5. The average Bonchev–Trinajstić information content (AvgIpc) is 1.97. The summed E-state index contributed by atoms with van der Waals surface area (Å²) in [6.45, 7) is 0. The molecular formula is C8H8O2. The van der Waals surface area contributed by atoms with Crippen LogP contribution in [0.5, 0.6) is 0 Å². The molecule has 52 valence electrons. The molecule has 2 nitrogen and oxygen atoms in total. The summed E-state index contributed by atoms with van der Waals surface area (Å²) in [5.74, 6) is 5.21. The molecule has 0 aliphatic rings. The summed E-state index contributed by atoms with van der Waals surface area (Å²) in [6, 6.07) is 0. The third-order valence-electron chi connectivity index (χ3n) is 0.629. The van der Waals surface area contributed by atoms with Crippen molar-refractivity contribution < 1.29 is 9.53 Å². The minimum Gasteiger partial charge on any atom is -0.504 e. The van der Waals surface area contributed by atoms with Gasteiger partial charge in [0.15, 0.2) is 0 Å². The molecule has 0 spiro atoms. The minimum atomic E-state index is 0.675. The van der Waals surface area contributed by atoms with Gasteiger partial charge in [-0.1, -0.05) is 11.8 Å². The minimum absolute atomic E-state index is 0.675. The van der Waals surface area contributed by atoms with Crippen LogP contribution in [0.2, 0.25) is 0 Å². The number of hydrogen-bond donors (Lipinski definition) is 0. The highest BCUT2D eigenvalue weighted by Gasteiger charge is 1.59. The molecule has 0 heterocycles. The van der Waals surface area contributed by atoms with Crippen molar-refractivity contribution in [2.75, 3.05) is 7.11 Å². The van der Waals surface area contributed by atoms with E-state index in [0.717, 1.165) is 0 Å². The van der Waals surface area contributed by atoms with Crippen LogP contribution in [0, 0.1) is 11.8 Å². The van der Waals surface area contributed by atoms with Crippen molar-refractivity contribution in [3.8, 4) is 11.8 Å². The Kier molecular flexibility index (Phi) is 6.39. The smallest absolute Gasteiger partial charge is 0.143 e. The van der Waals surface area contributed by atoms with Crippen LogP contribution < -0.4 is 0 Å². The van der Waals surface area contributed by atoms with Crippen molar-refractivity contribution in [3.05, 3.63) is 24.5 Å². The molecule has 0 bridgehead atoms.